The molecule has 2 amide bonds. The summed E-state index contributed by atoms with van der Waals surface area (Å²) in [5.74, 6) is 2.58. The van der Waals surface area contributed by atoms with Gasteiger partial charge in [-0.25, -0.2) is 0 Å². The molecule has 8 nitrogen and oxygen atoms in total. The normalized spacial score (nSPS) is 16.5. The molecule has 1 fully saturated rings. The molecule has 0 bridgehead atoms. The third-order valence-corrected chi connectivity index (χ3v) is 8.52. The molecule has 210 valence electrons. The molecule has 1 aliphatic rings. The van der Waals surface area contributed by atoms with Crippen molar-refractivity contribution >= 4 is 23.6 Å². The maximum atomic E-state index is 13.1. The summed E-state index contributed by atoms with van der Waals surface area (Å²) in [6, 6.07) is 11.9. The lowest BCUT2D eigenvalue weighted by atomic mass is 9.96. The number of amides is 2. The van der Waals surface area contributed by atoms with Crippen molar-refractivity contribution in [3.63, 3.8) is 0 Å². The zero-order chi connectivity index (χ0) is 27.8. The van der Waals surface area contributed by atoms with Crippen molar-refractivity contribution < 1.29 is 14.0 Å². The van der Waals surface area contributed by atoms with Crippen LogP contribution in [-0.2, 0) is 9.59 Å². The molecule has 0 aliphatic carbocycles. The van der Waals surface area contributed by atoms with E-state index in [-0.39, 0.29) is 23.8 Å². The smallest absolute Gasteiger partial charge is 0.226 e. The van der Waals surface area contributed by atoms with Crippen molar-refractivity contribution in [2.75, 3.05) is 25.4 Å². The second kappa shape index (κ2) is 13.8. The van der Waals surface area contributed by atoms with E-state index in [0.717, 1.165) is 54.3 Å². The van der Waals surface area contributed by atoms with Gasteiger partial charge in [-0.05, 0) is 56.9 Å². The molecule has 0 radical (unpaired) electrons. The van der Waals surface area contributed by atoms with E-state index in [4.69, 9.17) is 4.42 Å². The van der Waals surface area contributed by atoms with Crippen LogP contribution in [0.15, 0.2) is 52.2 Å². The van der Waals surface area contributed by atoms with Gasteiger partial charge in [-0.15, -0.1) is 10.2 Å². The number of rotatable bonds is 12. The largest absolute Gasteiger partial charge is 0.461 e. The lowest BCUT2D eigenvalue weighted by molar-refractivity contribution is -0.145. The van der Waals surface area contributed by atoms with E-state index in [0.29, 0.717) is 37.6 Å². The molecule has 1 saturated heterocycles. The van der Waals surface area contributed by atoms with Crippen LogP contribution < -0.4 is 0 Å². The van der Waals surface area contributed by atoms with Gasteiger partial charge in [0.05, 0.1) is 12.0 Å². The Balaban J connectivity index is 1.31. The van der Waals surface area contributed by atoms with Crippen LogP contribution in [0.1, 0.15) is 64.9 Å². The van der Waals surface area contributed by atoms with Gasteiger partial charge in [0, 0.05) is 43.8 Å². The maximum absolute atomic E-state index is 13.1. The number of piperazine rings is 1. The van der Waals surface area contributed by atoms with Gasteiger partial charge in [-0.3, -0.25) is 14.2 Å². The van der Waals surface area contributed by atoms with Crippen LogP contribution in [0.25, 0.3) is 17.3 Å². The Morgan fingerprint density at radius 2 is 1.92 bits per heavy atom. The van der Waals surface area contributed by atoms with Gasteiger partial charge >= 0.3 is 0 Å². The summed E-state index contributed by atoms with van der Waals surface area (Å²) in [6.07, 6.45) is 6.87. The van der Waals surface area contributed by atoms with Crippen molar-refractivity contribution in [3.05, 3.63) is 48.2 Å². The predicted molar refractivity (Wildman–Crippen MR) is 155 cm³/mol. The number of nitrogens with zero attached hydrogens (tertiary/aromatic N) is 5. The van der Waals surface area contributed by atoms with Crippen LogP contribution in [-0.4, -0.2) is 67.8 Å². The summed E-state index contributed by atoms with van der Waals surface area (Å²) in [5, 5.41) is 9.65. The standard InChI is InChI=1S/C30H41N5O3S/c1-5-7-13-24(6-2)29(37)34-18-17-33(21-23(34)4)27(36)16-11-20-39-30-32-31-28(26-15-10-19-38-26)35(30)25-14-9-8-12-22(25)3/h8-10,12,14-15,19,23-24H,5-7,11,13,16-18,20-21H2,1-4H3. The molecule has 39 heavy (non-hydrogen) atoms. The highest BCUT2D eigenvalue weighted by Crippen LogP contribution is 2.30. The second-order valence-electron chi connectivity index (χ2n) is 10.3. The summed E-state index contributed by atoms with van der Waals surface area (Å²) >= 11 is 1.60. The van der Waals surface area contributed by atoms with E-state index in [9.17, 15) is 9.59 Å². The number of thioether (sulfide) groups is 1. The summed E-state index contributed by atoms with van der Waals surface area (Å²) in [7, 11) is 0. The van der Waals surface area contributed by atoms with Gasteiger partial charge in [0.2, 0.25) is 17.6 Å². The lowest BCUT2D eigenvalue weighted by Crippen LogP contribution is -2.56. The van der Waals surface area contributed by atoms with Gasteiger partial charge in [0.15, 0.2) is 10.9 Å². The van der Waals surface area contributed by atoms with Crippen LogP contribution >= 0.6 is 11.8 Å². The first-order valence-corrected chi connectivity index (χ1v) is 15.2. The van der Waals surface area contributed by atoms with Crippen molar-refractivity contribution in [3.8, 4) is 17.3 Å². The topological polar surface area (TPSA) is 84.5 Å². The van der Waals surface area contributed by atoms with Crippen molar-refractivity contribution in [2.45, 2.75) is 77.4 Å². The van der Waals surface area contributed by atoms with Gasteiger partial charge in [-0.2, -0.15) is 0 Å². The summed E-state index contributed by atoms with van der Waals surface area (Å²) in [5.41, 5.74) is 2.12. The highest BCUT2D eigenvalue weighted by Gasteiger charge is 2.32. The fourth-order valence-corrected chi connectivity index (χ4v) is 6.09. The van der Waals surface area contributed by atoms with E-state index < -0.39 is 0 Å². The van der Waals surface area contributed by atoms with Gasteiger partial charge in [0.25, 0.3) is 0 Å². The molecular formula is C30H41N5O3S. The zero-order valence-corrected chi connectivity index (χ0v) is 24.5. The van der Waals surface area contributed by atoms with Crippen LogP contribution in [0, 0.1) is 12.8 Å². The Morgan fingerprint density at radius 3 is 2.62 bits per heavy atom. The molecule has 0 saturated carbocycles. The predicted octanol–water partition coefficient (Wildman–Crippen LogP) is 5.98. The SMILES string of the molecule is CCCCC(CC)C(=O)N1CCN(C(=O)CCCSc2nnc(-c3ccco3)n2-c2ccccc2C)CC1C. The molecule has 0 N–H and O–H groups in total. The number of carbonyl (C=O) groups excluding carboxylic acids is 2. The number of aromatic nitrogens is 3. The van der Waals surface area contributed by atoms with E-state index in [1.807, 2.05) is 38.6 Å². The van der Waals surface area contributed by atoms with Crippen molar-refractivity contribution in [1.29, 1.82) is 0 Å². The van der Waals surface area contributed by atoms with E-state index in [1.165, 1.54) is 0 Å². The van der Waals surface area contributed by atoms with E-state index in [1.54, 1.807) is 18.0 Å². The highest BCUT2D eigenvalue weighted by molar-refractivity contribution is 7.99. The lowest BCUT2D eigenvalue weighted by Gasteiger charge is -2.41. The maximum Gasteiger partial charge on any atom is 0.226 e. The average molecular weight is 552 g/mol. The van der Waals surface area contributed by atoms with E-state index in [2.05, 4.69) is 50.0 Å². The van der Waals surface area contributed by atoms with Crippen LogP contribution in [0.4, 0.5) is 0 Å². The Kier molecular flexibility index (Phi) is 10.3. The minimum atomic E-state index is 0.0490. The van der Waals surface area contributed by atoms with Crippen LogP contribution in [0.3, 0.4) is 0 Å². The first-order valence-electron chi connectivity index (χ1n) is 14.2. The summed E-state index contributed by atoms with van der Waals surface area (Å²) in [6.45, 7) is 10.2. The minimum absolute atomic E-state index is 0.0490. The van der Waals surface area contributed by atoms with Gasteiger partial charge < -0.3 is 14.2 Å². The third-order valence-electron chi connectivity index (χ3n) is 7.51. The number of unbranched alkanes of at least 4 members (excludes halogenated alkanes) is 1. The fraction of sp³-hybridized carbons (Fsp3) is 0.533. The number of hydrogen-bond donors (Lipinski definition) is 0. The molecule has 3 heterocycles. The Hall–Kier alpha value is -3.07. The molecule has 0 spiro atoms. The second-order valence-corrected chi connectivity index (χ2v) is 11.4. The number of hydrogen-bond acceptors (Lipinski definition) is 6. The molecular weight excluding hydrogens is 510 g/mol. The molecule has 2 unspecified atom stereocenters. The fourth-order valence-electron chi connectivity index (χ4n) is 5.20. The molecule has 4 rings (SSSR count). The first kappa shape index (κ1) is 28.9. The van der Waals surface area contributed by atoms with Crippen LogP contribution in [0.2, 0.25) is 0 Å². The molecule has 1 aliphatic heterocycles. The van der Waals surface area contributed by atoms with Crippen molar-refractivity contribution in [1.82, 2.24) is 24.6 Å². The number of carbonyl (C=O) groups is 2. The highest BCUT2D eigenvalue weighted by atomic mass is 32.2. The molecule has 2 aromatic heterocycles. The molecule has 1 aromatic carbocycles. The van der Waals surface area contributed by atoms with Crippen molar-refractivity contribution in [2.24, 2.45) is 5.92 Å². The number of furan rings is 1. The number of para-hydroxylation sites is 1. The number of aryl methyl sites for hydroxylation is 1. The molecule has 2 atom stereocenters. The van der Waals surface area contributed by atoms with Gasteiger partial charge in [0.1, 0.15) is 0 Å². The minimum Gasteiger partial charge on any atom is -0.461 e. The Morgan fingerprint density at radius 1 is 1.10 bits per heavy atom. The zero-order valence-electron chi connectivity index (χ0n) is 23.6. The quantitative estimate of drug-likeness (QED) is 0.203. The number of benzene rings is 1. The Labute approximate surface area is 236 Å². The van der Waals surface area contributed by atoms with Gasteiger partial charge in [-0.1, -0.05) is 56.7 Å². The molecule has 3 aromatic rings. The average Bonchev–Trinajstić information content (AvgIpc) is 3.62. The first-order chi connectivity index (χ1) is 18.9. The van der Waals surface area contributed by atoms with E-state index >= 15 is 0 Å². The Bertz CT molecular complexity index is 1230. The summed E-state index contributed by atoms with van der Waals surface area (Å²) in [4.78, 5) is 30.0. The molecule has 9 heteroatoms. The third kappa shape index (κ3) is 6.93. The monoisotopic (exact) mass is 551 g/mol. The van der Waals surface area contributed by atoms with Crippen LogP contribution in [0.5, 0.6) is 0 Å². The summed E-state index contributed by atoms with van der Waals surface area (Å²) < 4.78 is 7.65.